The van der Waals surface area contributed by atoms with Crippen molar-refractivity contribution >= 4 is 29.2 Å². The topological polar surface area (TPSA) is 115 Å². The number of aromatic nitrogens is 3. The summed E-state index contributed by atoms with van der Waals surface area (Å²) in [4.78, 5) is 27.2. The van der Waals surface area contributed by atoms with Gasteiger partial charge in [0.2, 0.25) is 11.8 Å². The van der Waals surface area contributed by atoms with E-state index in [0.717, 1.165) is 12.1 Å². The van der Waals surface area contributed by atoms with E-state index in [0.29, 0.717) is 23.7 Å². The molecule has 0 spiro atoms. The number of piperidine rings is 1. The molecule has 2 aromatic rings. The van der Waals surface area contributed by atoms with Crippen LogP contribution in [0.4, 0.5) is 5.82 Å². The number of nitrogens with two attached hydrogens (primary N) is 1. The molecule has 3 rings (SSSR count). The van der Waals surface area contributed by atoms with Gasteiger partial charge in [-0.15, -0.1) is 0 Å². The first-order valence-corrected chi connectivity index (χ1v) is 8.39. The van der Waals surface area contributed by atoms with E-state index in [4.69, 9.17) is 17.3 Å². The van der Waals surface area contributed by atoms with Gasteiger partial charge in [0, 0.05) is 30.9 Å². The highest BCUT2D eigenvalue weighted by Crippen LogP contribution is 2.29. The van der Waals surface area contributed by atoms with E-state index >= 15 is 0 Å². The van der Waals surface area contributed by atoms with Gasteiger partial charge in [0.05, 0.1) is 28.9 Å². The van der Waals surface area contributed by atoms with Gasteiger partial charge in [-0.1, -0.05) is 11.6 Å². The van der Waals surface area contributed by atoms with Gasteiger partial charge < -0.3 is 16.4 Å². The summed E-state index contributed by atoms with van der Waals surface area (Å²) in [6.07, 6.45) is 6.08. The Morgan fingerprint density at radius 3 is 2.96 bits per heavy atom. The number of nitrogens with zero attached hydrogens (tertiary/aromatic N) is 3. The molecule has 2 amide bonds. The van der Waals surface area contributed by atoms with E-state index in [1.165, 1.54) is 12.3 Å². The van der Waals surface area contributed by atoms with Crippen LogP contribution in [0.3, 0.4) is 0 Å². The second kappa shape index (κ2) is 7.10. The molecule has 0 aliphatic carbocycles. The number of carbonyl (C=O) groups excluding carboxylic acids is 2. The Labute approximate surface area is 149 Å². The normalized spacial score (nSPS) is 20.2. The zero-order valence-corrected chi connectivity index (χ0v) is 14.5. The molecule has 1 fully saturated rings. The Kier molecular flexibility index (Phi) is 4.89. The molecule has 0 bridgehead atoms. The van der Waals surface area contributed by atoms with Crippen molar-refractivity contribution in [2.24, 2.45) is 5.73 Å². The summed E-state index contributed by atoms with van der Waals surface area (Å²) in [6.45, 7) is 2.75. The van der Waals surface area contributed by atoms with Crippen molar-refractivity contribution in [3.8, 4) is 0 Å². The average molecular weight is 363 g/mol. The molecule has 4 N–H and O–H groups in total. The fourth-order valence-corrected chi connectivity index (χ4v) is 3.06. The van der Waals surface area contributed by atoms with E-state index in [2.05, 4.69) is 20.7 Å². The number of primary amides is 1. The van der Waals surface area contributed by atoms with Crippen LogP contribution >= 0.6 is 11.6 Å². The zero-order valence-electron chi connectivity index (χ0n) is 13.7. The van der Waals surface area contributed by atoms with E-state index < -0.39 is 5.91 Å². The standard InChI is InChI=1S/C16H19ClN6O2/c1-2-23-8-10(7-20-23)14-12(3-4-13(24)22-14)21-16-11(17)5-9(6-19-16)15(18)25/h5-8,12,14H,2-4H2,1H3,(H2,18,25)(H,19,21)(H,22,24)/t12-,14+/m1/s1. The number of aryl methyl sites for hydroxylation is 1. The lowest BCUT2D eigenvalue weighted by atomic mass is 9.93. The Bertz CT molecular complexity index is 806. The van der Waals surface area contributed by atoms with Gasteiger partial charge in [0.1, 0.15) is 5.82 Å². The summed E-state index contributed by atoms with van der Waals surface area (Å²) in [5.41, 5.74) is 6.39. The second-order valence-electron chi connectivity index (χ2n) is 5.88. The molecular weight excluding hydrogens is 344 g/mol. The van der Waals surface area contributed by atoms with Crippen molar-refractivity contribution in [1.29, 1.82) is 0 Å². The molecule has 0 radical (unpaired) electrons. The lowest BCUT2D eigenvalue weighted by Crippen LogP contribution is -2.45. The molecule has 0 unspecified atom stereocenters. The summed E-state index contributed by atoms with van der Waals surface area (Å²) >= 11 is 6.21. The predicted molar refractivity (Wildman–Crippen MR) is 93.2 cm³/mol. The smallest absolute Gasteiger partial charge is 0.250 e. The van der Waals surface area contributed by atoms with E-state index in [-0.39, 0.29) is 23.6 Å². The number of anilines is 1. The van der Waals surface area contributed by atoms with Crippen LogP contribution in [0.5, 0.6) is 0 Å². The van der Waals surface area contributed by atoms with E-state index in [1.54, 1.807) is 10.9 Å². The Morgan fingerprint density at radius 1 is 1.52 bits per heavy atom. The maximum Gasteiger partial charge on any atom is 0.250 e. The summed E-state index contributed by atoms with van der Waals surface area (Å²) in [6, 6.07) is 1.14. The van der Waals surface area contributed by atoms with Crippen LogP contribution in [0.2, 0.25) is 5.02 Å². The monoisotopic (exact) mass is 362 g/mol. The van der Waals surface area contributed by atoms with E-state index in [1.807, 2.05) is 13.1 Å². The summed E-state index contributed by atoms with van der Waals surface area (Å²) in [7, 11) is 0. The molecule has 3 heterocycles. The van der Waals surface area contributed by atoms with Crippen molar-refractivity contribution in [1.82, 2.24) is 20.1 Å². The van der Waals surface area contributed by atoms with Gasteiger partial charge in [-0.3, -0.25) is 14.3 Å². The van der Waals surface area contributed by atoms with Crippen LogP contribution in [-0.2, 0) is 11.3 Å². The lowest BCUT2D eigenvalue weighted by molar-refractivity contribution is -0.123. The number of amides is 2. The molecule has 132 valence electrons. The molecule has 1 aliphatic rings. The summed E-state index contributed by atoms with van der Waals surface area (Å²) in [5, 5.41) is 10.8. The predicted octanol–water partition coefficient (Wildman–Crippen LogP) is 1.48. The minimum atomic E-state index is -0.587. The number of halogens is 1. The van der Waals surface area contributed by atoms with Crippen molar-refractivity contribution in [3.05, 3.63) is 40.8 Å². The molecule has 9 heteroatoms. The Morgan fingerprint density at radius 2 is 2.32 bits per heavy atom. The largest absolute Gasteiger partial charge is 0.366 e. The fourth-order valence-electron chi connectivity index (χ4n) is 2.84. The minimum absolute atomic E-state index is 0.00423. The fraction of sp³-hybridized carbons (Fsp3) is 0.375. The minimum Gasteiger partial charge on any atom is -0.366 e. The van der Waals surface area contributed by atoms with Crippen molar-refractivity contribution in [2.45, 2.75) is 38.4 Å². The molecule has 1 aliphatic heterocycles. The summed E-state index contributed by atoms with van der Waals surface area (Å²) < 4.78 is 1.81. The second-order valence-corrected chi connectivity index (χ2v) is 6.29. The highest BCUT2D eigenvalue weighted by Gasteiger charge is 2.31. The molecule has 2 aromatic heterocycles. The number of hydrogen-bond acceptors (Lipinski definition) is 5. The van der Waals surface area contributed by atoms with Gasteiger partial charge in [0.25, 0.3) is 0 Å². The average Bonchev–Trinajstić information content (AvgIpc) is 3.07. The van der Waals surface area contributed by atoms with E-state index in [9.17, 15) is 9.59 Å². The van der Waals surface area contributed by atoms with Crippen molar-refractivity contribution in [2.75, 3.05) is 5.32 Å². The van der Waals surface area contributed by atoms with Crippen LogP contribution in [0, 0.1) is 0 Å². The van der Waals surface area contributed by atoms with Gasteiger partial charge in [-0.25, -0.2) is 4.98 Å². The van der Waals surface area contributed by atoms with Gasteiger partial charge in [-0.2, -0.15) is 5.10 Å². The number of rotatable bonds is 5. The molecule has 8 nitrogen and oxygen atoms in total. The molecule has 25 heavy (non-hydrogen) atoms. The third-order valence-electron chi connectivity index (χ3n) is 4.19. The van der Waals surface area contributed by atoms with Gasteiger partial charge in [-0.05, 0) is 19.4 Å². The molecule has 0 saturated carbocycles. The highest BCUT2D eigenvalue weighted by atomic mass is 35.5. The summed E-state index contributed by atoms with van der Waals surface area (Å²) in [5.74, 6) is -0.146. The van der Waals surface area contributed by atoms with Gasteiger partial charge in [0.15, 0.2) is 0 Å². The van der Waals surface area contributed by atoms with Gasteiger partial charge >= 0.3 is 0 Å². The third kappa shape index (κ3) is 3.74. The maximum absolute atomic E-state index is 11.8. The number of hydrogen-bond donors (Lipinski definition) is 3. The van der Waals surface area contributed by atoms with Crippen LogP contribution in [-0.4, -0.2) is 32.6 Å². The molecule has 0 aromatic carbocycles. The molecular formula is C16H19ClN6O2. The van der Waals surface area contributed by atoms with Crippen molar-refractivity contribution in [3.63, 3.8) is 0 Å². The number of carbonyl (C=O) groups is 2. The number of nitrogens with one attached hydrogen (secondary N) is 2. The third-order valence-corrected chi connectivity index (χ3v) is 4.47. The Balaban J connectivity index is 1.83. The van der Waals surface area contributed by atoms with Crippen molar-refractivity contribution < 1.29 is 9.59 Å². The highest BCUT2D eigenvalue weighted by molar-refractivity contribution is 6.33. The van der Waals surface area contributed by atoms with Crippen LogP contribution in [0.15, 0.2) is 24.7 Å². The number of pyridine rings is 1. The molecule has 1 saturated heterocycles. The first-order valence-electron chi connectivity index (χ1n) is 8.01. The van der Waals surface area contributed by atoms with Crippen LogP contribution < -0.4 is 16.4 Å². The Hall–Kier alpha value is -2.61. The molecule has 2 atom stereocenters. The zero-order chi connectivity index (χ0) is 18.0. The lowest BCUT2D eigenvalue weighted by Gasteiger charge is -2.32. The van der Waals surface area contributed by atoms with Crippen LogP contribution in [0.1, 0.15) is 41.7 Å². The quantitative estimate of drug-likeness (QED) is 0.745. The SMILES string of the molecule is CCn1cc([C@@H]2NC(=O)CC[C@H]2Nc2ncc(C(N)=O)cc2Cl)cn1. The maximum atomic E-state index is 11.8. The van der Waals surface area contributed by atoms with Crippen LogP contribution in [0.25, 0.3) is 0 Å². The first-order chi connectivity index (χ1) is 12.0. The first kappa shape index (κ1) is 17.2.